The van der Waals surface area contributed by atoms with E-state index < -0.39 is 0 Å². The van der Waals surface area contributed by atoms with Crippen molar-refractivity contribution < 1.29 is 9.50 Å². The molecule has 2 nitrogen and oxygen atoms in total. The molecule has 0 radical (unpaired) electrons. The Morgan fingerprint density at radius 3 is 2.73 bits per heavy atom. The maximum Gasteiger partial charge on any atom is 0.123 e. The molecular formula is C12H14FNO. The molecule has 0 saturated heterocycles. The average Bonchev–Trinajstić information content (AvgIpc) is 2.21. The molecule has 0 saturated carbocycles. The molecule has 2 unspecified atom stereocenters. The Morgan fingerprint density at radius 2 is 2.13 bits per heavy atom. The van der Waals surface area contributed by atoms with Crippen molar-refractivity contribution in [2.75, 3.05) is 0 Å². The van der Waals surface area contributed by atoms with Gasteiger partial charge in [-0.15, -0.1) is 6.42 Å². The number of nitrogens with one attached hydrogen (secondary N) is 1. The van der Waals surface area contributed by atoms with Gasteiger partial charge in [0.2, 0.25) is 0 Å². The highest BCUT2D eigenvalue weighted by molar-refractivity contribution is 5.35. The number of aromatic hydroxyl groups is 1. The van der Waals surface area contributed by atoms with Crippen LogP contribution in [0.3, 0.4) is 0 Å². The average molecular weight is 207 g/mol. The molecule has 0 aliphatic carbocycles. The van der Waals surface area contributed by atoms with Crippen LogP contribution in [-0.2, 0) is 0 Å². The van der Waals surface area contributed by atoms with Crippen molar-refractivity contribution >= 4 is 0 Å². The summed E-state index contributed by atoms with van der Waals surface area (Å²) in [5.74, 6) is 2.21. The van der Waals surface area contributed by atoms with E-state index in [2.05, 4.69) is 11.2 Å². The Hall–Kier alpha value is -1.53. The fraction of sp³-hybridized carbons (Fsp3) is 0.333. The number of phenols is 1. The summed E-state index contributed by atoms with van der Waals surface area (Å²) in [5.41, 5.74) is 0.511. The molecule has 0 spiro atoms. The fourth-order valence-electron chi connectivity index (χ4n) is 1.39. The minimum absolute atomic E-state index is 0.0700. The van der Waals surface area contributed by atoms with Crippen molar-refractivity contribution in [2.45, 2.75) is 25.9 Å². The van der Waals surface area contributed by atoms with Crippen LogP contribution < -0.4 is 5.32 Å². The Kier molecular flexibility index (Phi) is 3.70. The highest BCUT2D eigenvalue weighted by Gasteiger charge is 2.12. The highest BCUT2D eigenvalue weighted by Crippen LogP contribution is 2.24. The van der Waals surface area contributed by atoms with Crippen LogP contribution >= 0.6 is 0 Å². The Morgan fingerprint density at radius 1 is 1.47 bits per heavy atom. The monoisotopic (exact) mass is 207 g/mol. The van der Waals surface area contributed by atoms with Gasteiger partial charge in [0.15, 0.2) is 0 Å². The number of hydrogen-bond acceptors (Lipinski definition) is 2. The van der Waals surface area contributed by atoms with Gasteiger partial charge in [-0.3, -0.25) is 5.32 Å². The van der Waals surface area contributed by atoms with Gasteiger partial charge in [-0.2, -0.15) is 0 Å². The summed E-state index contributed by atoms with van der Waals surface area (Å²) in [7, 11) is 0. The third-order valence-corrected chi connectivity index (χ3v) is 2.21. The molecule has 0 amide bonds. The quantitative estimate of drug-likeness (QED) is 0.745. The van der Waals surface area contributed by atoms with Crippen molar-refractivity contribution in [2.24, 2.45) is 0 Å². The number of terminal acetylenes is 1. The van der Waals surface area contributed by atoms with Gasteiger partial charge in [0.25, 0.3) is 0 Å². The lowest BCUT2D eigenvalue weighted by Gasteiger charge is -2.17. The molecule has 2 N–H and O–H groups in total. The summed E-state index contributed by atoms with van der Waals surface area (Å²) >= 11 is 0. The molecule has 80 valence electrons. The lowest BCUT2D eigenvalue weighted by Crippen LogP contribution is -2.27. The third kappa shape index (κ3) is 2.97. The van der Waals surface area contributed by atoms with E-state index in [9.17, 15) is 9.50 Å². The van der Waals surface area contributed by atoms with Crippen LogP contribution in [0.2, 0.25) is 0 Å². The van der Waals surface area contributed by atoms with Gasteiger partial charge in [0, 0.05) is 11.6 Å². The van der Waals surface area contributed by atoms with E-state index in [0.29, 0.717) is 5.56 Å². The lowest BCUT2D eigenvalue weighted by molar-refractivity contribution is 0.446. The molecule has 1 aromatic carbocycles. The summed E-state index contributed by atoms with van der Waals surface area (Å²) in [6.45, 7) is 3.65. The molecule has 0 aliphatic rings. The topological polar surface area (TPSA) is 32.3 Å². The van der Waals surface area contributed by atoms with E-state index in [1.807, 2.05) is 13.8 Å². The third-order valence-electron chi connectivity index (χ3n) is 2.21. The number of hydrogen-bond donors (Lipinski definition) is 2. The van der Waals surface area contributed by atoms with E-state index in [1.54, 1.807) is 0 Å². The molecule has 15 heavy (non-hydrogen) atoms. The number of rotatable bonds is 3. The smallest absolute Gasteiger partial charge is 0.123 e. The largest absolute Gasteiger partial charge is 0.508 e. The lowest BCUT2D eigenvalue weighted by atomic mass is 10.1. The SMILES string of the molecule is C#CC(C)NC(C)c1cc(F)ccc1O. The molecular weight excluding hydrogens is 193 g/mol. The minimum atomic E-state index is -0.371. The van der Waals surface area contributed by atoms with Gasteiger partial charge in [-0.25, -0.2) is 4.39 Å². The standard InChI is InChI=1S/C12H14FNO/c1-4-8(2)14-9(3)11-7-10(13)5-6-12(11)15/h1,5-9,14-15H,2-3H3. The molecule has 3 heteroatoms. The molecule has 0 heterocycles. The van der Waals surface area contributed by atoms with Crippen LogP contribution in [0.4, 0.5) is 4.39 Å². The first kappa shape index (κ1) is 11.5. The van der Waals surface area contributed by atoms with Crippen molar-refractivity contribution in [3.63, 3.8) is 0 Å². The molecule has 1 aromatic rings. The highest BCUT2D eigenvalue weighted by atomic mass is 19.1. The predicted octanol–water partition coefficient (Wildman–Crippen LogP) is 2.20. The van der Waals surface area contributed by atoms with Crippen LogP contribution in [0, 0.1) is 18.2 Å². The maximum atomic E-state index is 12.9. The van der Waals surface area contributed by atoms with Crippen LogP contribution in [0.1, 0.15) is 25.5 Å². The van der Waals surface area contributed by atoms with Gasteiger partial charge in [-0.05, 0) is 32.0 Å². The Bertz CT molecular complexity index is 384. The van der Waals surface area contributed by atoms with Gasteiger partial charge in [-0.1, -0.05) is 5.92 Å². The van der Waals surface area contributed by atoms with Crippen molar-refractivity contribution in [3.05, 3.63) is 29.6 Å². The van der Waals surface area contributed by atoms with Gasteiger partial charge in [0.05, 0.1) is 6.04 Å². The number of halogens is 1. The number of benzene rings is 1. The molecule has 0 fully saturated rings. The maximum absolute atomic E-state index is 12.9. The molecule has 2 atom stereocenters. The van der Waals surface area contributed by atoms with E-state index in [-0.39, 0.29) is 23.7 Å². The molecule has 0 aliphatic heterocycles. The second-order valence-corrected chi connectivity index (χ2v) is 3.48. The second-order valence-electron chi connectivity index (χ2n) is 3.48. The summed E-state index contributed by atoms with van der Waals surface area (Å²) < 4.78 is 12.9. The van der Waals surface area contributed by atoms with Crippen molar-refractivity contribution in [3.8, 4) is 18.1 Å². The van der Waals surface area contributed by atoms with Crippen LogP contribution in [0.15, 0.2) is 18.2 Å². The second kappa shape index (κ2) is 4.81. The fourth-order valence-corrected chi connectivity index (χ4v) is 1.39. The van der Waals surface area contributed by atoms with Crippen molar-refractivity contribution in [1.82, 2.24) is 5.32 Å². The predicted molar refractivity (Wildman–Crippen MR) is 57.9 cm³/mol. The zero-order chi connectivity index (χ0) is 11.4. The number of phenolic OH excluding ortho intramolecular Hbond substituents is 1. The van der Waals surface area contributed by atoms with Crippen molar-refractivity contribution in [1.29, 1.82) is 0 Å². The molecule has 0 bridgehead atoms. The van der Waals surface area contributed by atoms with Gasteiger partial charge >= 0.3 is 0 Å². The van der Waals surface area contributed by atoms with E-state index in [4.69, 9.17) is 6.42 Å². The van der Waals surface area contributed by atoms with E-state index in [1.165, 1.54) is 18.2 Å². The first-order valence-corrected chi connectivity index (χ1v) is 4.75. The molecule has 1 rings (SSSR count). The summed E-state index contributed by atoms with van der Waals surface area (Å²) in [6, 6.07) is 3.55. The van der Waals surface area contributed by atoms with Gasteiger partial charge in [0.1, 0.15) is 11.6 Å². The van der Waals surface area contributed by atoms with Crippen LogP contribution in [-0.4, -0.2) is 11.1 Å². The normalized spacial score (nSPS) is 14.3. The Balaban J connectivity index is 2.86. The zero-order valence-corrected chi connectivity index (χ0v) is 8.79. The summed E-state index contributed by atoms with van der Waals surface area (Å²) in [5, 5.41) is 12.6. The summed E-state index contributed by atoms with van der Waals surface area (Å²) in [4.78, 5) is 0. The van der Waals surface area contributed by atoms with Crippen LogP contribution in [0.5, 0.6) is 5.75 Å². The minimum Gasteiger partial charge on any atom is -0.508 e. The first-order chi connectivity index (χ1) is 7.04. The Labute approximate surface area is 89.1 Å². The van der Waals surface area contributed by atoms with E-state index in [0.717, 1.165) is 0 Å². The van der Waals surface area contributed by atoms with Gasteiger partial charge < -0.3 is 5.11 Å². The zero-order valence-electron chi connectivity index (χ0n) is 8.79. The van der Waals surface area contributed by atoms with Crippen LogP contribution in [0.25, 0.3) is 0 Å². The van der Waals surface area contributed by atoms with E-state index >= 15 is 0 Å². The first-order valence-electron chi connectivity index (χ1n) is 4.75. The molecule has 0 aromatic heterocycles. The summed E-state index contributed by atoms with van der Waals surface area (Å²) in [6.07, 6.45) is 5.22.